The van der Waals surface area contributed by atoms with E-state index in [9.17, 15) is 0 Å². The average Bonchev–Trinajstić information content (AvgIpc) is 3.42. The molecule has 5 rings (SSSR count). The number of thiophene rings is 1. The summed E-state index contributed by atoms with van der Waals surface area (Å²) in [4.78, 5) is 1.20. The van der Waals surface area contributed by atoms with Crippen molar-refractivity contribution in [1.29, 1.82) is 0 Å². The summed E-state index contributed by atoms with van der Waals surface area (Å²) in [6.45, 7) is 0. The lowest BCUT2D eigenvalue weighted by Gasteiger charge is -2.38. The van der Waals surface area contributed by atoms with Gasteiger partial charge in [0, 0.05) is 17.5 Å². The summed E-state index contributed by atoms with van der Waals surface area (Å²) in [6.07, 6.45) is 0.522. The number of fused-ring (bicyclic) bond motifs is 3. The Morgan fingerprint density at radius 3 is 2.61 bits per heavy atom. The number of methoxy groups -OCH3 is 2. The number of rotatable bonds is 4. The average molecular weight is 392 g/mol. The second kappa shape index (κ2) is 6.87. The fraction of sp³-hybridized carbons (Fsp3) is 0.227. The summed E-state index contributed by atoms with van der Waals surface area (Å²) in [5.74, 6) is 2.37. The molecule has 3 heterocycles. The SMILES string of the molecule is COc1ccc([C@@H]2Oc3c(OC)cccc3[C@H]3CC(c4cccs4)=NN32)cc1. The Balaban J connectivity index is 1.61. The Kier molecular flexibility index (Phi) is 4.20. The Morgan fingerprint density at radius 2 is 1.89 bits per heavy atom. The second-order valence-electron chi connectivity index (χ2n) is 6.75. The van der Waals surface area contributed by atoms with Crippen molar-refractivity contribution in [3.63, 3.8) is 0 Å². The molecule has 0 radical (unpaired) electrons. The van der Waals surface area contributed by atoms with Crippen LogP contribution in [0.25, 0.3) is 0 Å². The van der Waals surface area contributed by atoms with E-state index in [4.69, 9.17) is 19.3 Å². The van der Waals surface area contributed by atoms with Crippen LogP contribution in [0.3, 0.4) is 0 Å². The monoisotopic (exact) mass is 392 g/mol. The van der Waals surface area contributed by atoms with E-state index >= 15 is 0 Å². The fourth-order valence-corrected chi connectivity index (χ4v) is 4.55. The van der Waals surface area contributed by atoms with Crippen molar-refractivity contribution in [3.8, 4) is 17.2 Å². The van der Waals surface area contributed by atoms with Crippen molar-refractivity contribution in [2.75, 3.05) is 14.2 Å². The highest BCUT2D eigenvalue weighted by atomic mass is 32.1. The van der Waals surface area contributed by atoms with Crippen molar-refractivity contribution in [2.24, 2.45) is 5.10 Å². The van der Waals surface area contributed by atoms with Crippen LogP contribution in [0.4, 0.5) is 0 Å². The molecule has 0 fully saturated rings. The highest BCUT2D eigenvalue weighted by Gasteiger charge is 2.42. The number of hydrogen-bond donors (Lipinski definition) is 0. The number of hydrogen-bond acceptors (Lipinski definition) is 6. The largest absolute Gasteiger partial charge is 0.497 e. The summed E-state index contributed by atoms with van der Waals surface area (Å²) in [6, 6.07) is 18.3. The lowest BCUT2D eigenvalue weighted by molar-refractivity contribution is -0.0209. The Labute approximate surface area is 167 Å². The molecular weight excluding hydrogens is 372 g/mol. The van der Waals surface area contributed by atoms with Crippen molar-refractivity contribution in [1.82, 2.24) is 5.01 Å². The first kappa shape index (κ1) is 17.1. The molecule has 0 saturated carbocycles. The lowest BCUT2D eigenvalue weighted by atomic mass is 9.97. The van der Waals surface area contributed by atoms with Crippen LogP contribution in [0.2, 0.25) is 0 Å². The molecule has 3 aromatic rings. The van der Waals surface area contributed by atoms with Crippen molar-refractivity contribution >= 4 is 17.0 Å². The molecule has 0 unspecified atom stereocenters. The topological polar surface area (TPSA) is 43.3 Å². The van der Waals surface area contributed by atoms with Gasteiger partial charge in [-0.2, -0.15) is 5.10 Å². The van der Waals surface area contributed by atoms with Gasteiger partial charge in [0.1, 0.15) is 5.75 Å². The maximum Gasteiger partial charge on any atom is 0.214 e. The molecule has 0 aliphatic carbocycles. The highest BCUT2D eigenvalue weighted by Crippen LogP contribution is 2.50. The molecule has 28 heavy (non-hydrogen) atoms. The van der Waals surface area contributed by atoms with Gasteiger partial charge in [-0.1, -0.05) is 18.2 Å². The minimum absolute atomic E-state index is 0.114. The summed E-state index contributed by atoms with van der Waals surface area (Å²) < 4.78 is 17.3. The zero-order valence-corrected chi connectivity index (χ0v) is 16.5. The first-order chi connectivity index (χ1) is 13.8. The van der Waals surface area contributed by atoms with Crippen molar-refractivity contribution in [2.45, 2.75) is 18.7 Å². The molecule has 0 bridgehead atoms. The van der Waals surface area contributed by atoms with Gasteiger partial charge < -0.3 is 14.2 Å². The summed E-state index contributed by atoms with van der Waals surface area (Å²) in [5, 5.41) is 9.14. The van der Waals surface area contributed by atoms with Gasteiger partial charge in [0.15, 0.2) is 11.5 Å². The third-order valence-corrected chi connectivity index (χ3v) is 6.13. The molecule has 5 nitrogen and oxygen atoms in total. The normalized spacial score (nSPS) is 20.1. The Morgan fingerprint density at radius 1 is 1.04 bits per heavy atom. The van der Waals surface area contributed by atoms with Crippen LogP contribution in [0.1, 0.15) is 34.7 Å². The Hall–Kier alpha value is -2.99. The van der Waals surface area contributed by atoms with Gasteiger partial charge >= 0.3 is 0 Å². The van der Waals surface area contributed by atoms with Crippen molar-refractivity contribution < 1.29 is 14.2 Å². The summed E-state index contributed by atoms with van der Waals surface area (Å²) in [7, 11) is 3.34. The van der Waals surface area contributed by atoms with E-state index in [0.29, 0.717) is 0 Å². The van der Waals surface area contributed by atoms with Crippen LogP contribution in [-0.2, 0) is 0 Å². The van der Waals surface area contributed by atoms with E-state index in [-0.39, 0.29) is 12.3 Å². The molecule has 1 aromatic heterocycles. The second-order valence-corrected chi connectivity index (χ2v) is 7.69. The molecule has 2 aliphatic rings. The van der Waals surface area contributed by atoms with Gasteiger partial charge in [-0.25, -0.2) is 5.01 Å². The van der Waals surface area contributed by atoms with Gasteiger partial charge in [-0.05, 0) is 41.8 Å². The molecule has 2 aliphatic heterocycles. The number of nitrogens with zero attached hydrogens (tertiary/aromatic N) is 2. The van der Waals surface area contributed by atoms with Gasteiger partial charge in [-0.15, -0.1) is 11.3 Å². The molecule has 142 valence electrons. The summed E-state index contributed by atoms with van der Waals surface area (Å²) >= 11 is 1.72. The lowest BCUT2D eigenvalue weighted by Crippen LogP contribution is -2.33. The van der Waals surface area contributed by atoms with Crippen LogP contribution >= 0.6 is 11.3 Å². The van der Waals surface area contributed by atoms with Crippen LogP contribution < -0.4 is 14.2 Å². The minimum atomic E-state index is -0.322. The first-order valence-electron chi connectivity index (χ1n) is 9.15. The molecule has 6 heteroatoms. The van der Waals surface area contributed by atoms with Gasteiger partial charge in [-0.3, -0.25) is 0 Å². The zero-order valence-electron chi connectivity index (χ0n) is 15.7. The van der Waals surface area contributed by atoms with E-state index in [1.54, 1.807) is 25.6 Å². The van der Waals surface area contributed by atoms with E-state index < -0.39 is 0 Å². The third-order valence-electron chi connectivity index (χ3n) is 5.21. The number of benzene rings is 2. The first-order valence-corrected chi connectivity index (χ1v) is 10.0. The number of para-hydroxylation sites is 1. The maximum atomic E-state index is 6.45. The van der Waals surface area contributed by atoms with Gasteiger partial charge in [0.2, 0.25) is 6.23 Å². The molecule has 2 atom stereocenters. The Bertz CT molecular complexity index is 1010. The smallest absolute Gasteiger partial charge is 0.214 e. The molecule has 2 aromatic carbocycles. The maximum absolute atomic E-state index is 6.45. The molecule has 0 amide bonds. The van der Waals surface area contributed by atoms with E-state index in [1.807, 2.05) is 36.4 Å². The third kappa shape index (κ3) is 2.72. The van der Waals surface area contributed by atoms with E-state index in [1.165, 1.54) is 4.88 Å². The van der Waals surface area contributed by atoms with Gasteiger partial charge in [0.25, 0.3) is 0 Å². The quantitative estimate of drug-likeness (QED) is 0.626. The number of hydrazone groups is 1. The van der Waals surface area contributed by atoms with Crippen LogP contribution in [0.5, 0.6) is 17.2 Å². The number of ether oxygens (including phenoxy) is 3. The van der Waals surface area contributed by atoms with Crippen LogP contribution in [-0.4, -0.2) is 24.9 Å². The predicted molar refractivity (Wildman–Crippen MR) is 109 cm³/mol. The molecular formula is C22H20N2O3S. The van der Waals surface area contributed by atoms with Crippen LogP contribution in [0, 0.1) is 0 Å². The zero-order chi connectivity index (χ0) is 19.1. The highest BCUT2D eigenvalue weighted by molar-refractivity contribution is 7.12. The van der Waals surface area contributed by atoms with Crippen molar-refractivity contribution in [3.05, 3.63) is 76.0 Å². The molecule has 0 spiro atoms. The predicted octanol–water partition coefficient (Wildman–Crippen LogP) is 5.01. The van der Waals surface area contributed by atoms with E-state index in [0.717, 1.165) is 40.5 Å². The fourth-order valence-electron chi connectivity index (χ4n) is 3.82. The minimum Gasteiger partial charge on any atom is -0.497 e. The standard InChI is InChI=1S/C22H20N2O3S/c1-25-15-10-8-14(9-11-15)22-24-18(13-17(23-24)20-7-4-12-28-20)16-5-3-6-19(26-2)21(16)27-22/h3-12,18,22H,13H2,1-2H3/t18-,22+/m1/s1. The van der Waals surface area contributed by atoms with Gasteiger partial charge in [0.05, 0.1) is 30.9 Å². The molecule has 0 N–H and O–H groups in total. The molecule has 0 saturated heterocycles. The van der Waals surface area contributed by atoms with Crippen LogP contribution in [0.15, 0.2) is 65.1 Å². The summed E-state index contributed by atoms with van der Waals surface area (Å²) in [5.41, 5.74) is 3.23. The van der Waals surface area contributed by atoms with E-state index in [2.05, 4.69) is 28.6 Å².